The molecule has 0 aliphatic carbocycles. The van der Waals surface area contributed by atoms with Crippen molar-refractivity contribution in [3.63, 3.8) is 0 Å². The summed E-state index contributed by atoms with van der Waals surface area (Å²) in [6.07, 6.45) is 3.69. The smallest absolute Gasteiger partial charge is 0.0615 e. The summed E-state index contributed by atoms with van der Waals surface area (Å²) in [4.78, 5) is 2.48. The Balaban J connectivity index is 2.15. The molecule has 2 rings (SSSR count). The fourth-order valence-electron chi connectivity index (χ4n) is 2.47. The second-order valence-corrected chi connectivity index (χ2v) is 5.50. The van der Waals surface area contributed by atoms with E-state index in [0.29, 0.717) is 6.61 Å². The highest BCUT2D eigenvalue weighted by atomic mass is 127. The third-order valence-corrected chi connectivity index (χ3v) is 3.89. The Hall–Kier alpha value is 0.650. The van der Waals surface area contributed by atoms with Crippen molar-refractivity contribution in [3.05, 3.63) is 0 Å². The fourth-order valence-corrected chi connectivity index (χ4v) is 3.77. The van der Waals surface area contributed by atoms with Crippen LogP contribution in [0.25, 0.3) is 0 Å². The van der Waals surface area contributed by atoms with E-state index in [4.69, 9.17) is 0 Å². The van der Waals surface area contributed by atoms with E-state index < -0.39 is 0 Å². The molecular formula is C8H14INO. The van der Waals surface area contributed by atoms with Gasteiger partial charge in [-0.1, -0.05) is 22.6 Å². The zero-order chi connectivity index (χ0) is 7.90. The molecule has 2 aliphatic heterocycles. The molecule has 0 saturated carbocycles. The molecule has 0 radical (unpaired) electrons. The molecule has 64 valence electrons. The van der Waals surface area contributed by atoms with Crippen LogP contribution in [0.15, 0.2) is 0 Å². The lowest BCUT2D eigenvalue weighted by atomic mass is 9.95. The summed E-state index contributed by atoms with van der Waals surface area (Å²) in [7, 11) is 0. The van der Waals surface area contributed by atoms with Crippen molar-refractivity contribution in [2.24, 2.45) is 0 Å². The van der Waals surface area contributed by atoms with Crippen LogP contribution in [0.4, 0.5) is 0 Å². The number of aliphatic hydroxyl groups is 1. The number of alkyl halides is 1. The Morgan fingerprint density at radius 3 is 3.09 bits per heavy atom. The van der Waals surface area contributed by atoms with Gasteiger partial charge in [0.25, 0.3) is 0 Å². The van der Waals surface area contributed by atoms with Crippen LogP contribution >= 0.6 is 22.6 Å². The number of hydrogen-bond acceptors (Lipinski definition) is 2. The van der Waals surface area contributed by atoms with Gasteiger partial charge in [-0.15, -0.1) is 0 Å². The molecule has 2 atom stereocenters. The van der Waals surface area contributed by atoms with Crippen LogP contribution < -0.4 is 0 Å². The lowest BCUT2D eigenvalue weighted by Crippen LogP contribution is -2.41. The van der Waals surface area contributed by atoms with Crippen molar-refractivity contribution in [3.8, 4) is 0 Å². The first-order valence-electron chi connectivity index (χ1n) is 4.27. The number of fused-ring (bicyclic) bond motifs is 1. The van der Waals surface area contributed by atoms with Crippen molar-refractivity contribution in [2.45, 2.75) is 28.7 Å². The largest absolute Gasteiger partial charge is 0.394 e. The molecule has 0 spiro atoms. The maximum Gasteiger partial charge on any atom is 0.0615 e. The molecule has 0 bridgehead atoms. The van der Waals surface area contributed by atoms with Gasteiger partial charge < -0.3 is 5.11 Å². The van der Waals surface area contributed by atoms with E-state index in [-0.39, 0.29) is 5.54 Å². The second-order valence-electron chi connectivity index (χ2n) is 3.73. The average molecular weight is 267 g/mol. The Morgan fingerprint density at radius 2 is 2.45 bits per heavy atom. The summed E-state index contributed by atoms with van der Waals surface area (Å²) in [5, 5.41) is 9.30. The van der Waals surface area contributed by atoms with E-state index in [1.165, 1.54) is 32.4 Å². The highest BCUT2D eigenvalue weighted by Crippen LogP contribution is 2.40. The van der Waals surface area contributed by atoms with Gasteiger partial charge in [-0.05, 0) is 25.8 Å². The molecule has 2 nitrogen and oxygen atoms in total. The van der Waals surface area contributed by atoms with Gasteiger partial charge in [0.1, 0.15) is 0 Å². The maximum absolute atomic E-state index is 9.30. The molecule has 1 N–H and O–H groups in total. The molecule has 2 heterocycles. The molecule has 2 aliphatic rings. The van der Waals surface area contributed by atoms with Gasteiger partial charge in [0.2, 0.25) is 0 Å². The monoisotopic (exact) mass is 267 g/mol. The van der Waals surface area contributed by atoms with Crippen molar-refractivity contribution in [1.29, 1.82) is 0 Å². The van der Waals surface area contributed by atoms with E-state index in [0.717, 1.165) is 3.92 Å². The topological polar surface area (TPSA) is 23.5 Å². The van der Waals surface area contributed by atoms with Crippen molar-refractivity contribution >= 4 is 22.6 Å². The van der Waals surface area contributed by atoms with Crippen molar-refractivity contribution in [2.75, 3.05) is 19.7 Å². The number of rotatable bonds is 1. The number of aliphatic hydroxyl groups excluding tert-OH is 1. The molecule has 2 fully saturated rings. The molecular weight excluding hydrogens is 253 g/mol. The Morgan fingerprint density at radius 1 is 1.64 bits per heavy atom. The molecule has 11 heavy (non-hydrogen) atoms. The van der Waals surface area contributed by atoms with Crippen LogP contribution in [-0.2, 0) is 0 Å². The lowest BCUT2D eigenvalue weighted by Gasteiger charge is -2.29. The van der Waals surface area contributed by atoms with Gasteiger partial charge in [-0.3, -0.25) is 4.90 Å². The van der Waals surface area contributed by atoms with E-state index in [9.17, 15) is 5.11 Å². The highest BCUT2D eigenvalue weighted by Gasteiger charge is 2.46. The van der Waals surface area contributed by atoms with Crippen molar-refractivity contribution in [1.82, 2.24) is 4.90 Å². The molecule has 0 aromatic rings. The highest BCUT2D eigenvalue weighted by molar-refractivity contribution is 14.1. The minimum atomic E-state index is 0.200. The zero-order valence-electron chi connectivity index (χ0n) is 6.59. The number of hydrogen-bond donors (Lipinski definition) is 1. The molecule has 3 heteroatoms. The summed E-state index contributed by atoms with van der Waals surface area (Å²) in [5.41, 5.74) is 0.200. The van der Waals surface area contributed by atoms with Crippen LogP contribution in [0, 0.1) is 0 Å². The van der Waals surface area contributed by atoms with E-state index in [2.05, 4.69) is 27.5 Å². The van der Waals surface area contributed by atoms with Crippen LogP contribution in [-0.4, -0.2) is 39.2 Å². The van der Waals surface area contributed by atoms with Crippen molar-refractivity contribution < 1.29 is 5.11 Å². The maximum atomic E-state index is 9.30. The lowest BCUT2D eigenvalue weighted by molar-refractivity contribution is 0.0999. The quantitative estimate of drug-likeness (QED) is 0.566. The molecule has 0 aromatic heterocycles. The van der Waals surface area contributed by atoms with Crippen LogP contribution in [0.3, 0.4) is 0 Å². The summed E-state index contributed by atoms with van der Waals surface area (Å²) < 4.78 is 0.764. The molecule has 0 amide bonds. The Kier molecular flexibility index (Phi) is 2.14. The normalized spacial score (nSPS) is 44.7. The summed E-state index contributed by atoms with van der Waals surface area (Å²) in [6, 6.07) is 0. The Bertz CT molecular complexity index is 164. The van der Waals surface area contributed by atoms with Crippen LogP contribution in [0.2, 0.25) is 0 Å². The molecule has 2 saturated heterocycles. The summed E-state index contributed by atoms with van der Waals surface area (Å²) in [6.45, 7) is 2.77. The van der Waals surface area contributed by atoms with Gasteiger partial charge in [0.05, 0.1) is 6.61 Å². The van der Waals surface area contributed by atoms with E-state index >= 15 is 0 Å². The third kappa shape index (κ3) is 1.21. The summed E-state index contributed by atoms with van der Waals surface area (Å²) >= 11 is 2.50. The zero-order valence-corrected chi connectivity index (χ0v) is 8.75. The predicted molar refractivity (Wildman–Crippen MR) is 53.0 cm³/mol. The van der Waals surface area contributed by atoms with Gasteiger partial charge >= 0.3 is 0 Å². The summed E-state index contributed by atoms with van der Waals surface area (Å²) in [5.74, 6) is 0. The number of halogens is 1. The second kappa shape index (κ2) is 2.85. The average Bonchev–Trinajstić information content (AvgIpc) is 2.43. The van der Waals surface area contributed by atoms with Gasteiger partial charge in [0.15, 0.2) is 0 Å². The minimum Gasteiger partial charge on any atom is -0.394 e. The fraction of sp³-hybridized carbons (Fsp3) is 1.00. The first-order chi connectivity index (χ1) is 5.27. The first kappa shape index (κ1) is 8.26. The number of nitrogens with zero attached hydrogens (tertiary/aromatic N) is 1. The molecule has 0 unspecified atom stereocenters. The Labute approximate surface area is 81.1 Å². The van der Waals surface area contributed by atoms with E-state index in [1.807, 2.05) is 0 Å². The van der Waals surface area contributed by atoms with Crippen LogP contribution in [0.5, 0.6) is 0 Å². The SMILES string of the molecule is OC[C@@]12CCCN1C[C@H](I)C2. The van der Waals surface area contributed by atoms with Gasteiger partial charge in [0, 0.05) is 16.0 Å². The van der Waals surface area contributed by atoms with E-state index in [1.54, 1.807) is 0 Å². The molecule has 0 aromatic carbocycles. The standard InChI is InChI=1S/C8H14INO/c9-7-4-8(6-11)2-1-3-10(8)5-7/h7,11H,1-6H2/t7-,8+/m1/s1. The predicted octanol–water partition coefficient (Wildman–Crippen LogP) is 1.02. The van der Waals surface area contributed by atoms with Crippen LogP contribution in [0.1, 0.15) is 19.3 Å². The minimum absolute atomic E-state index is 0.200. The van der Waals surface area contributed by atoms with Gasteiger partial charge in [-0.25, -0.2) is 0 Å². The third-order valence-electron chi connectivity index (χ3n) is 3.06. The first-order valence-corrected chi connectivity index (χ1v) is 5.51. The van der Waals surface area contributed by atoms with Gasteiger partial charge in [-0.2, -0.15) is 0 Å².